The van der Waals surface area contributed by atoms with E-state index in [0.29, 0.717) is 5.82 Å². The van der Waals surface area contributed by atoms with Crippen LogP contribution in [0.1, 0.15) is 11.3 Å². The van der Waals surface area contributed by atoms with Crippen LogP contribution in [0.4, 0.5) is 5.82 Å². The number of thiocarbonyl (C=S) groups is 1. The lowest BCUT2D eigenvalue weighted by Crippen LogP contribution is -2.39. The summed E-state index contributed by atoms with van der Waals surface area (Å²) >= 11 is 4.58. The molecular weight excluding hydrogens is 252 g/mol. The molecule has 18 heavy (non-hydrogen) atoms. The molecule has 0 aliphatic heterocycles. The number of rotatable bonds is 3. The first-order valence-electron chi connectivity index (χ1n) is 5.21. The van der Waals surface area contributed by atoms with E-state index in [-0.39, 0.29) is 11.5 Å². The number of anilines is 1. The third-order valence-corrected chi connectivity index (χ3v) is 2.11. The van der Waals surface area contributed by atoms with Crippen molar-refractivity contribution in [2.24, 2.45) is 5.73 Å². The molecule has 0 bridgehead atoms. The van der Waals surface area contributed by atoms with Gasteiger partial charge in [-0.05, 0) is 31.5 Å². The molecule has 0 atom stereocenters. The van der Waals surface area contributed by atoms with Crippen molar-refractivity contribution in [2.75, 3.05) is 11.9 Å². The van der Waals surface area contributed by atoms with Crippen LogP contribution in [0.5, 0.6) is 0 Å². The maximum absolute atomic E-state index is 11.5. The van der Waals surface area contributed by atoms with Crippen molar-refractivity contribution in [3.8, 4) is 0 Å². The standard InChI is InChI=1S/C11H14N4O2S/c1-6-3-7(2)14-9(4-6)15-11(17)10(16)13-5-8(12)18/h3-4H,5H2,1-2H3,(H2,12,18)(H,13,16)(H,14,15,17). The third-order valence-electron chi connectivity index (χ3n) is 1.97. The number of carbonyl (C=O) groups is 2. The number of hydrogen-bond acceptors (Lipinski definition) is 4. The van der Waals surface area contributed by atoms with Gasteiger partial charge in [0.1, 0.15) is 5.82 Å². The van der Waals surface area contributed by atoms with Crippen molar-refractivity contribution in [1.29, 1.82) is 0 Å². The summed E-state index contributed by atoms with van der Waals surface area (Å²) in [4.78, 5) is 27.1. The predicted octanol–water partition coefficient (Wildman–Crippen LogP) is 0.0392. The lowest BCUT2D eigenvalue weighted by Gasteiger charge is -2.06. The maximum atomic E-state index is 11.5. The van der Waals surface area contributed by atoms with Crippen LogP contribution < -0.4 is 16.4 Å². The minimum atomic E-state index is -0.802. The largest absolute Gasteiger partial charge is 0.392 e. The minimum Gasteiger partial charge on any atom is -0.392 e. The molecule has 1 rings (SSSR count). The van der Waals surface area contributed by atoms with E-state index in [1.807, 2.05) is 13.0 Å². The van der Waals surface area contributed by atoms with Crippen molar-refractivity contribution >= 4 is 34.8 Å². The summed E-state index contributed by atoms with van der Waals surface area (Å²) in [7, 11) is 0. The molecule has 1 aromatic rings. The monoisotopic (exact) mass is 266 g/mol. The van der Waals surface area contributed by atoms with Gasteiger partial charge in [-0.2, -0.15) is 0 Å². The second kappa shape index (κ2) is 6.06. The Morgan fingerprint density at radius 3 is 2.56 bits per heavy atom. The highest BCUT2D eigenvalue weighted by Gasteiger charge is 2.14. The van der Waals surface area contributed by atoms with Gasteiger partial charge in [-0.15, -0.1) is 0 Å². The summed E-state index contributed by atoms with van der Waals surface area (Å²) in [6, 6.07) is 3.54. The van der Waals surface area contributed by atoms with Gasteiger partial charge in [-0.25, -0.2) is 4.98 Å². The number of amides is 2. The van der Waals surface area contributed by atoms with Gasteiger partial charge in [0.05, 0.1) is 11.5 Å². The molecule has 6 nitrogen and oxygen atoms in total. The molecule has 2 amide bonds. The summed E-state index contributed by atoms with van der Waals surface area (Å²) in [5.41, 5.74) is 6.91. The normalized spacial score (nSPS) is 9.67. The van der Waals surface area contributed by atoms with E-state index in [1.165, 1.54) is 0 Å². The van der Waals surface area contributed by atoms with Crippen LogP contribution in [-0.2, 0) is 9.59 Å². The fourth-order valence-corrected chi connectivity index (χ4v) is 1.40. The van der Waals surface area contributed by atoms with Gasteiger partial charge in [-0.3, -0.25) is 9.59 Å². The lowest BCUT2D eigenvalue weighted by molar-refractivity contribution is -0.136. The highest BCUT2D eigenvalue weighted by atomic mass is 32.1. The van der Waals surface area contributed by atoms with E-state index in [1.54, 1.807) is 13.0 Å². The van der Waals surface area contributed by atoms with Crippen molar-refractivity contribution in [3.05, 3.63) is 23.4 Å². The van der Waals surface area contributed by atoms with Crippen molar-refractivity contribution in [1.82, 2.24) is 10.3 Å². The number of carbonyl (C=O) groups excluding carboxylic acids is 2. The average molecular weight is 266 g/mol. The first-order valence-corrected chi connectivity index (χ1v) is 5.62. The zero-order valence-electron chi connectivity index (χ0n) is 10.1. The summed E-state index contributed by atoms with van der Waals surface area (Å²) < 4.78 is 0. The van der Waals surface area contributed by atoms with Crippen molar-refractivity contribution in [3.63, 3.8) is 0 Å². The highest BCUT2D eigenvalue weighted by Crippen LogP contribution is 2.08. The fourth-order valence-electron chi connectivity index (χ4n) is 1.33. The van der Waals surface area contributed by atoms with Gasteiger partial charge >= 0.3 is 11.8 Å². The molecule has 7 heteroatoms. The quantitative estimate of drug-likeness (QED) is 0.530. The first kappa shape index (κ1) is 14.0. The molecule has 0 aliphatic carbocycles. The highest BCUT2D eigenvalue weighted by molar-refractivity contribution is 7.80. The zero-order valence-corrected chi connectivity index (χ0v) is 10.9. The molecule has 0 aliphatic rings. The summed E-state index contributed by atoms with van der Waals surface area (Å²) in [5, 5.41) is 4.69. The molecule has 0 fully saturated rings. The van der Waals surface area contributed by atoms with Gasteiger partial charge in [-0.1, -0.05) is 12.2 Å². The Bertz CT molecular complexity index is 482. The van der Waals surface area contributed by atoms with Gasteiger partial charge in [0.15, 0.2) is 0 Å². The average Bonchev–Trinajstić information content (AvgIpc) is 2.24. The molecule has 0 aromatic carbocycles. The second-order valence-corrected chi connectivity index (χ2v) is 4.30. The van der Waals surface area contributed by atoms with Gasteiger partial charge in [0.25, 0.3) is 0 Å². The summed E-state index contributed by atoms with van der Waals surface area (Å²) in [6.07, 6.45) is 0. The molecule has 4 N–H and O–H groups in total. The Kier molecular flexibility index (Phi) is 4.73. The summed E-state index contributed by atoms with van der Waals surface area (Å²) in [5.74, 6) is -1.27. The Morgan fingerprint density at radius 2 is 2.00 bits per heavy atom. The van der Waals surface area contributed by atoms with E-state index >= 15 is 0 Å². The molecule has 1 aromatic heterocycles. The van der Waals surface area contributed by atoms with Crippen LogP contribution in [0, 0.1) is 13.8 Å². The molecule has 0 unspecified atom stereocenters. The zero-order chi connectivity index (χ0) is 13.7. The molecule has 0 spiro atoms. The Hall–Kier alpha value is -2.02. The Balaban J connectivity index is 2.63. The predicted molar refractivity (Wildman–Crippen MR) is 72.1 cm³/mol. The van der Waals surface area contributed by atoms with E-state index in [9.17, 15) is 9.59 Å². The van der Waals surface area contributed by atoms with Crippen LogP contribution in [0.3, 0.4) is 0 Å². The number of nitrogens with two attached hydrogens (primary N) is 1. The molecule has 1 heterocycles. The molecule has 96 valence electrons. The minimum absolute atomic E-state index is 0.0120. The first-order chi connectivity index (χ1) is 8.38. The van der Waals surface area contributed by atoms with E-state index in [2.05, 4.69) is 27.8 Å². The van der Waals surface area contributed by atoms with Crippen LogP contribution in [-0.4, -0.2) is 28.3 Å². The topological polar surface area (TPSA) is 97.1 Å². The van der Waals surface area contributed by atoms with Crippen LogP contribution in [0.15, 0.2) is 12.1 Å². The number of aryl methyl sites for hydroxylation is 2. The number of pyridine rings is 1. The second-order valence-electron chi connectivity index (χ2n) is 3.77. The van der Waals surface area contributed by atoms with Crippen LogP contribution >= 0.6 is 12.2 Å². The Morgan fingerprint density at radius 1 is 1.33 bits per heavy atom. The Labute approximate surface area is 110 Å². The number of aromatic nitrogens is 1. The number of hydrogen-bond donors (Lipinski definition) is 3. The molecule has 0 saturated carbocycles. The molecule has 0 saturated heterocycles. The van der Waals surface area contributed by atoms with Crippen LogP contribution in [0.25, 0.3) is 0 Å². The smallest absolute Gasteiger partial charge is 0.314 e. The maximum Gasteiger partial charge on any atom is 0.314 e. The van der Waals surface area contributed by atoms with E-state index in [0.717, 1.165) is 11.3 Å². The number of nitrogens with zero attached hydrogens (tertiary/aromatic N) is 1. The number of nitrogens with one attached hydrogen (secondary N) is 2. The van der Waals surface area contributed by atoms with Crippen molar-refractivity contribution in [2.45, 2.75) is 13.8 Å². The van der Waals surface area contributed by atoms with E-state index < -0.39 is 11.8 Å². The molecule has 0 radical (unpaired) electrons. The van der Waals surface area contributed by atoms with E-state index in [4.69, 9.17) is 5.73 Å². The summed E-state index contributed by atoms with van der Waals surface area (Å²) in [6.45, 7) is 3.66. The lowest BCUT2D eigenvalue weighted by atomic mass is 10.2. The molecular formula is C11H14N4O2S. The third kappa shape index (κ3) is 4.46. The van der Waals surface area contributed by atoms with Gasteiger partial charge in [0.2, 0.25) is 0 Å². The van der Waals surface area contributed by atoms with Crippen LogP contribution in [0.2, 0.25) is 0 Å². The SMILES string of the molecule is Cc1cc(C)nc(NC(=O)C(=O)NCC(N)=S)c1. The van der Waals surface area contributed by atoms with Crippen molar-refractivity contribution < 1.29 is 9.59 Å². The van der Waals surface area contributed by atoms with Gasteiger partial charge < -0.3 is 16.4 Å². The van der Waals surface area contributed by atoms with Gasteiger partial charge in [0, 0.05) is 5.69 Å². The fraction of sp³-hybridized carbons (Fsp3) is 0.273.